The lowest BCUT2D eigenvalue weighted by atomic mass is 9.88. The number of rotatable bonds is 3. The van der Waals surface area contributed by atoms with E-state index in [1.807, 2.05) is 6.92 Å². The summed E-state index contributed by atoms with van der Waals surface area (Å²) in [6.45, 7) is 11.9. The standard InChI is InChI=1S/C13H25NO/c1-6-12(15)14-9-13(4,5)8-11(14)7-10(2)3/h10-11H,6-9H2,1-5H3. The molecule has 0 spiro atoms. The Kier molecular flexibility index (Phi) is 3.80. The molecule has 1 rings (SSSR count). The largest absolute Gasteiger partial charge is 0.339 e. The van der Waals surface area contributed by atoms with E-state index in [2.05, 4.69) is 32.6 Å². The number of hydrogen-bond donors (Lipinski definition) is 0. The fourth-order valence-corrected chi connectivity index (χ4v) is 2.65. The summed E-state index contributed by atoms with van der Waals surface area (Å²) in [6.07, 6.45) is 2.96. The Morgan fingerprint density at radius 1 is 1.47 bits per heavy atom. The third-order valence-corrected chi connectivity index (χ3v) is 3.19. The van der Waals surface area contributed by atoms with Crippen LogP contribution in [0.25, 0.3) is 0 Å². The number of likely N-dealkylation sites (tertiary alicyclic amines) is 1. The van der Waals surface area contributed by atoms with Crippen LogP contribution in [0.15, 0.2) is 0 Å². The second-order valence-electron chi connectivity index (χ2n) is 6.03. The molecular formula is C13H25NO. The molecule has 0 N–H and O–H groups in total. The maximum Gasteiger partial charge on any atom is 0.222 e. The van der Waals surface area contributed by atoms with Gasteiger partial charge in [-0.2, -0.15) is 0 Å². The maximum atomic E-state index is 11.8. The minimum absolute atomic E-state index is 0.310. The number of carbonyl (C=O) groups is 1. The molecule has 1 saturated heterocycles. The molecule has 1 heterocycles. The first-order valence-corrected chi connectivity index (χ1v) is 6.15. The van der Waals surface area contributed by atoms with Crippen molar-refractivity contribution in [3.8, 4) is 0 Å². The molecule has 88 valence electrons. The molecule has 2 heteroatoms. The van der Waals surface area contributed by atoms with Gasteiger partial charge in [-0.05, 0) is 24.2 Å². The van der Waals surface area contributed by atoms with Crippen molar-refractivity contribution in [1.29, 1.82) is 0 Å². The van der Waals surface area contributed by atoms with E-state index in [-0.39, 0.29) is 0 Å². The van der Waals surface area contributed by atoms with Crippen molar-refractivity contribution >= 4 is 5.91 Å². The van der Waals surface area contributed by atoms with E-state index >= 15 is 0 Å². The lowest BCUT2D eigenvalue weighted by molar-refractivity contribution is -0.132. The first-order valence-electron chi connectivity index (χ1n) is 6.15. The van der Waals surface area contributed by atoms with Crippen molar-refractivity contribution in [2.75, 3.05) is 6.54 Å². The molecule has 0 saturated carbocycles. The van der Waals surface area contributed by atoms with Gasteiger partial charge in [0.2, 0.25) is 5.91 Å². The summed E-state index contributed by atoms with van der Waals surface area (Å²) < 4.78 is 0. The second kappa shape index (κ2) is 4.54. The maximum absolute atomic E-state index is 11.8. The number of hydrogen-bond acceptors (Lipinski definition) is 1. The van der Waals surface area contributed by atoms with Crippen LogP contribution < -0.4 is 0 Å². The molecule has 0 aromatic carbocycles. The van der Waals surface area contributed by atoms with E-state index in [9.17, 15) is 4.79 Å². The fourth-order valence-electron chi connectivity index (χ4n) is 2.65. The summed E-state index contributed by atoms with van der Waals surface area (Å²) in [6, 6.07) is 0.479. The Morgan fingerprint density at radius 3 is 2.53 bits per heavy atom. The molecule has 0 bridgehead atoms. The fraction of sp³-hybridized carbons (Fsp3) is 0.923. The molecule has 0 radical (unpaired) electrons. The Balaban J connectivity index is 2.70. The highest BCUT2D eigenvalue weighted by Crippen LogP contribution is 2.36. The van der Waals surface area contributed by atoms with Crippen LogP contribution in [-0.2, 0) is 4.79 Å². The molecule has 1 aliphatic rings. The van der Waals surface area contributed by atoms with Crippen LogP contribution in [0, 0.1) is 11.3 Å². The van der Waals surface area contributed by atoms with E-state index in [1.165, 1.54) is 0 Å². The summed E-state index contributed by atoms with van der Waals surface area (Å²) in [5.74, 6) is 1.00. The zero-order valence-corrected chi connectivity index (χ0v) is 10.8. The van der Waals surface area contributed by atoms with Gasteiger partial charge in [0.1, 0.15) is 0 Å². The van der Waals surface area contributed by atoms with E-state index in [0.717, 1.165) is 19.4 Å². The average Bonchev–Trinajstić information content (AvgIpc) is 2.38. The quantitative estimate of drug-likeness (QED) is 0.702. The lowest BCUT2D eigenvalue weighted by Crippen LogP contribution is -2.36. The van der Waals surface area contributed by atoms with Gasteiger partial charge in [0.15, 0.2) is 0 Å². The Morgan fingerprint density at radius 2 is 2.07 bits per heavy atom. The average molecular weight is 211 g/mol. The number of carbonyl (C=O) groups excluding carboxylic acids is 1. The Bertz CT molecular complexity index is 233. The predicted octanol–water partition coefficient (Wildman–Crippen LogP) is 3.07. The molecule has 1 fully saturated rings. The molecule has 2 nitrogen and oxygen atoms in total. The first-order chi connectivity index (χ1) is 6.85. The van der Waals surface area contributed by atoms with Crippen LogP contribution in [0.5, 0.6) is 0 Å². The van der Waals surface area contributed by atoms with Crippen molar-refractivity contribution in [3.05, 3.63) is 0 Å². The molecule has 1 amide bonds. The number of nitrogens with zero attached hydrogens (tertiary/aromatic N) is 1. The van der Waals surface area contributed by atoms with Crippen LogP contribution in [0.4, 0.5) is 0 Å². The summed E-state index contributed by atoms with van der Waals surface area (Å²) in [5.41, 5.74) is 0.310. The monoisotopic (exact) mass is 211 g/mol. The smallest absolute Gasteiger partial charge is 0.222 e. The zero-order valence-electron chi connectivity index (χ0n) is 10.8. The van der Waals surface area contributed by atoms with Crippen LogP contribution in [-0.4, -0.2) is 23.4 Å². The van der Waals surface area contributed by atoms with Gasteiger partial charge in [-0.1, -0.05) is 34.6 Å². The SMILES string of the molecule is CCC(=O)N1CC(C)(C)CC1CC(C)C. The van der Waals surface area contributed by atoms with Gasteiger partial charge in [-0.25, -0.2) is 0 Å². The summed E-state index contributed by atoms with van der Waals surface area (Å²) in [4.78, 5) is 13.9. The van der Waals surface area contributed by atoms with Crippen LogP contribution in [0.3, 0.4) is 0 Å². The van der Waals surface area contributed by atoms with Crippen molar-refractivity contribution < 1.29 is 4.79 Å². The van der Waals surface area contributed by atoms with E-state index in [4.69, 9.17) is 0 Å². The zero-order chi connectivity index (χ0) is 11.6. The molecule has 1 unspecified atom stereocenters. The number of amides is 1. The van der Waals surface area contributed by atoms with Crippen molar-refractivity contribution in [3.63, 3.8) is 0 Å². The Hall–Kier alpha value is -0.530. The van der Waals surface area contributed by atoms with Gasteiger partial charge in [0.25, 0.3) is 0 Å². The summed E-state index contributed by atoms with van der Waals surface area (Å²) >= 11 is 0. The minimum Gasteiger partial charge on any atom is -0.339 e. The van der Waals surface area contributed by atoms with E-state index < -0.39 is 0 Å². The van der Waals surface area contributed by atoms with Crippen LogP contribution in [0.1, 0.15) is 53.9 Å². The highest BCUT2D eigenvalue weighted by molar-refractivity contribution is 5.76. The molecule has 1 atom stereocenters. The predicted molar refractivity (Wildman–Crippen MR) is 63.6 cm³/mol. The van der Waals surface area contributed by atoms with Gasteiger partial charge in [0.05, 0.1) is 0 Å². The van der Waals surface area contributed by atoms with Gasteiger partial charge in [-0.15, -0.1) is 0 Å². The first kappa shape index (κ1) is 12.5. The molecule has 1 aliphatic heterocycles. The van der Waals surface area contributed by atoms with Gasteiger partial charge in [-0.3, -0.25) is 4.79 Å². The summed E-state index contributed by atoms with van der Waals surface area (Å²) in [7, 11) is 0. The highest BCUT2D eigenvalue weighted by atomic mass is 16.2. The van der Waals surface area contributed by atoms with Gasteiger partial charge in [0, 0.05) is 19.0 Å². The molecule has 15 heavy (non-hydrogen) atoms. The van der Waals surface area contributed by atoms with Crippen LogP contribution in [0.2, 0.25) is 0 Å². The molecule has 0 aromatic rings. The molecule has 0 aliphatic carbocycles. The third kappa shape index (κ3) is 3.22. The normalized spacial score (nSPS) is 24.9. The van der Waals surface area contributed by atoms with Gasteiger partial charge < -0.3 is 4.90 Å². The summed E-state index contributed by atoms with van der Waals surface area (Å²) in [5, 5.41) is 0. The highest BCUT2D eigenvalue weighted by Gasteiger charge is 2.39. The van der Waals surface area contributed by atoms with Crippen LogP contribution >= 0.6 is 0 Å². The molecular weight excluding hydrogens is 186 g/mol. The topological polar surface area (TPSA) is 20.3 Å². The van der Waals surface area contributed by atoms with Gasteiger partial charge >= 0.3 is 0 Å². The van der Waals surface area contributed by atoms with E-state index in [1.54, 1.807) is 0 Å². The Labute approximate surface area is 94.0 Å². The van der Waals surface area contributed by atoms with E-state index in [0.29, 0.717) is 29.7 Å². The minimum atomic E-state index is 0.310. The molecule has 0 aromatic heterocycles. The second-order valence-corrected chi connectivity index (χ2v) is 6.03. The van der Waals surface area contributed by atoms with Crippen molar-refractivity contribution in [2.45, 2.75) is 59.9 Å². The van der Waals surface area contributed by atoms with Crippen molar-refractivity contribution in [1.82, 2.24) is 4.90 Å². The third-order valence-electron chi connectivity index (χ3n) is 3.19. The van der Waals surface area contributed by atoms with Crippen molar-refractivity contribution in [2.24, 2.45) is 11.3 Å². The lowest BCUT2D eigenvalue weighted by Gasteiger charge is -2.25.